The normalized spacial score (nSPS) is 12.6. The summed E-state index contributed by atoms with van der Waals surface area (Å²) in [7, 11) is -1.47. The van der Waals surface area contributed by atoms with Crippen LogP contribution in [0.5, 0.6) is 0 Å². The van der Waals surface area contributed by atoms with Gasteiger partial charge in [-0.25, -0.2) is 0 Å². The zero-order valence-electron chi connectivity index (χ0n) is 19.7. The van der Waals surface area contributed by atoms with Crippen LogP contribution in [0.1, 0.15) is 85.3 Å². The van der Waals surface area contributed by atoms with Crippen molar-refractivity contribution < 1.29 is 12.9 Å². The molecule has 0 unspecified atom stereocenters. The van der Waals surface area contributed by atoms with E-state index in [0.717, 1.165) is 28.4 Å². The average Bonchev–Trinajstić information content (AvgIpc) is 2.81. The van der Waals surface area contributed by atoms with E-state index in [0.29, 0.717) is 6.61 Å². The molecule has 0 spiro atoms. The zero-order valence-corrected chi connectivity index (χ0v) is 20.6. The highest BCUT2D eigenvalue weighted by Gasteiger charge is 2.18. The Bertz CT molecular complexity index is 959. The van der Waals surface area contributed by atoms with Crippen LogP contribution < -0.4 is 4.52 Å². The van der Waals surface area contributed by atoms with Gasteiger partial charge in [0.25, 0.3) is 0 Å². The molecule has 0 fully saturated rings. The van der Waals surface area contributed by atoms with Crippen molar-refractivity contribution in [3.05, 3.63) is 47.5 Å². The molecule has 1 aromatic heterocycles. The molecule has 0 atom stereocenters. The predicted molar refractivity (Wildman–Crippen MR) is 129 cm³/mol. The molecule has 30 heavy (non-hydrogen) atoms. The number of fused-ring (bicyclic) bond motifs is 3. The lowest BCUT2D eigenvalue weighted by molar-refractivity contribution is 0.357. The minimum absolute atomic E-state index is 0.0600. The largest absolute Gasteiger partial charge is 0.399 e. The van der Waals surface area contributed by atoms with E-state index in [1.807, 2.05) is 0 Å². The van der Waals surface area contributed by atoms with Gasteiger partial charge < -0.3 is 8.39 Å². The molecule has 3 rings (SSSR count). The van der Waals surface area contributed by atoms with Crippen molar-refractivity contribution in [2.24, 2.45) is 0 Å². The Morgan fingerprint density at radius 3 is 1.67 bits per heavy atom. The summed E-state index contributed by atoms with van der Waals surface area (Å²) in [5.74, 6) is 0. The van der Waals surface area contributed by atoms with Crippen molar-refractivity contribution >= 4 is 30.2 Å². The minimum Gasteiger partial charge on any atom is -0.399 e. The Morgan fingerprint density at radius 2 is 1.23 bits per heavy atom. The van der Waals surface area contributed by atoms with Crippen LogP contribution in [0.3, 0.4) is 0 Å². The average molecular weight is 429 g/mol. The SMILES string of the molecule is CCCCCCOp1oc2ccc(C(C)(C)C)cc2c2cc(C(C)(C)C)ccc2o1. The summed E-state index contributed by atoms with van der Waals surface area (Å²) in [6.45, 7) is 16.3. The highest BCUT2D eigenvalue weighted by molar-refractivity contribution is 7.31. The number of rotatable bonds is 6. The Morgan fingerprint density at radius 1 is 0.733 bits per heavy atom. The number of unbranched alkanes of at least 4 members (excludes halogenated alkanes) is 3. The summed E-state index contributed by atoms with van der Waals surface area (Å²) in [5.41, 5.74) is 4.36. The maximum atomic E-state index is 6.26. The van der Waals surface area contributed by atoms with E-state index in [2.05, 4.69) is 84.9 Å². The zero-order chi connectivity index (χ0) is 21.9. The molecule has 0 saturated heterocycles. The molecule has 0 saturated carbocycles. The summed E-state index contributed by atoms with van der Waals surface area (Å²) in [6, 6.07) is 13.0. The van der Waals surface area contributed by atoms with Gasteiger partial charge in [-0.05, 0) is 52.6 Å². The quantitative estimate of drug-likeness (QED) is 0.368. The molecular formula is C26H37O3P. The van der Waals surface area contributed by atoms with E-state index >= 15 is 0 Å². The van der Waals surface area contributed by atoms with Crippen LogP contribution in [0.15, 0.2) is 44.8 Å². The van der Waals surface area contributed by atoms with Crippen molar-refractivity contribution in [2.45, 2.75) is 85.0 Å². The lowest BCUT2D eigenvalue weighted by atomic mass is 9.85. The lowest BCUT2D eigenvalue weighted by Crippen LogP contribution is -2.11. The summed E-state index contributed by atoms with van der Waals surface area (Å²) >= 11 is 0. The van der Waals surface area contributed by atoms with Crippen molar-refractivity contribution in [1.29, 1.82) is 0 Å². The Kier molecular flexibility index (Phi) is 7.05. The van der Waals surface area contributed by atoms with Gasteiger partial charge in [-0.2, -0.15) is 0 Å². The van der Waals surface area contributed by atoms with Crippen LogP contribution in [0.2, 0.25) is 0 Å². The Labute approximate surface area is 182 Å². The van der Waals surface area contributed by atoms with Gasteiger partial charge in [0.1, 0.15) is 11.2 Å². The molecule has 0 aliphatic rings. The molecule has 0 aliphatic heterocycles. The standard InChI is InChI=1S/C26H37O3P/c1-8-9-10-11-16-27-30-28-23-14-12-19(25(2,3)4)17-21(23)22-18-20(26(5,6)7)13-15-24(22)29-30/h12-15,17-18H,8-11,16H2,1-7H3. The van der Waals surface area contributed by atoms with Crippen LogP contribution in [-0.2, 0) is 10.8 Å². The van der Waals surface area contributed by atoms with Gasteiger partial charge in [-0.1, -0.05) is 79.9 Å². The van der Waals surface area contributed by atoms with Gasteiger partial charge in [-0.15, -0.1) is 0 Å². The third kappa shape index (κ3) is 5.50. The first-order chi connectivity index (χ1) is 14.1. The maximum Gasteiger partial charge on any atom is 0.387 e. The smallest absolute Gasteiger partial charge is 0.387 e. The number of hydrogen-bond acceptors (Lipinski definition) is 3. The van der Waals surface area contributed by atoms with Gasteiger partial charge in [0.2, 0.25) is 0 Å². The van der Waals surface area contributed by atoms with Crippen LogP contribution >= 0.6 is 8.24 Å². The van der Waals surface area contributed by atoms with Gasteiger partial charge in [-0.3, -0.25) is 4.52 Å². The van der Waals surface area contributed by atoms with Crippen LogP contribution in [0.25, 0.3) is 21.9 Å². The lowest BCUT2D eigenvalue weighted by Gasteiger charge is -2.20. The van der Waals surface area contributed by atoms with Crippen molar-refractivity contribution in [2.75, 3.05) is 6.61 Å². The maximum absolute atomic E-state index is 6.26. The molecule has 4 heteroatoms. The molecule has 164 valence electrons. The van der Waals surface area contributed by atoms with Crippen LogP contribution in [-0.4, -0.2) is 6.61 Å². The summed E-state index contributed by atoms with van der Waals surface area (Å²) in [6.07, 6.45) is 4.66. The van der Waals surface area contributed by atoms with Crippen molar-refractivity contribution in [1.82, 2.24) is 0 Å². The fourth-order valence-corrected chi connectivity index (χ4v) is 4.53. The fourth-order valence-electron chi connectivity index (χ4n) is 3.47. The molecule has 3 aromatic rings. The molecular weight excluding hydrogens is 391 g/mol. The second-order valence-electron chi connectivity index (χ2n) is 10.2. The van der Waals surface area contributed by atoms with Gasteiger partial charge in [0.15, 0.2) is 0 Å². The number of benzene rings is 2. The highest BCUT2D eigenvalue weighted by Crippen LogP contribution is 2.37. The fraction of sp³-hybridized carbons (Fsp3) is 0.538. The predicted octanol–water partition coefficient (Wildman–Crippen LogP) is 8.89. The summed E-state index contributed by atoms with van der Waals surface area (Å²) < 4.78 is 18.6. The van der Waals surface area contributed by atoms with Gasteiger partial charge in [0.05, 0.1) is 6.61 Å². The monoisotopic (exact) mass is 428 g/mol. The molecule has 1 heterocycles. The molecule has 2 aromatic carbocycles. The third-order valence-corrected chi connectivity index (χ3v) is 6.61. The van der Waals surface area contributed by atoms with E-state index in [-0.39, 0.29) is 10.8 Å². The molecule has 0 bridgehead atoms. The van der Waals surface area contributed by atoms with E-state index in [4.69, 9.17) is 12.9 Å². The second kappa shape index (κ2) is 9.20. The molecule has 0 N–H and O–H groups in total. The third-order valence-electron chi connectivity index (χ3n) is 5.52. The molecule has 0 amide bonds. The topological polar surface area (TPSA) is 35.5 Å². The molecule has 3 nitrogen and oxygen atoms in total. The molecule has 0 radical (unpaired) electrons. The first-order valence-electron chi connectivity index (χ1n) is 11.2. The van der Waals surface area contributed by atoms with Crippen molar-refractivity contribution in [3.8, 4) is 0 Å². The number of hydrogen-bond donors (Lipinski definition) is 0. The Balaban J connectivity index is 2.17. The van der Waals surface area contributed by atoms with Crippen LogP contribution in [0.4, 0.5) is 0 Å². The highest BCUT2D eigenvalue weighted by atomic mass is 31.1. The van der Waals surface area contributed by atoms with Gasteiger partial charge in [0, 0.05) is 10.8 Å². The summed E-state index contributed by atoms with van der Waals surface area (Å²) in [4.78, 5) is 0. The van der Waals surface area contributed by atoms with E-state index in [1.54, 1.807) is 0 Å². The second-order valence-corrected chi connectivity index (χ2v) is 11.3. The van der Waals surface area contributed by atoms with Crippen LogP contribution in [0, 0.1) is 0 Å². The Hall–Kier alpha value is -1.70. The summed E-state index contributed by atoms with van der Waals surface area (Å²) in [5, 5.41) is 2.17. The minimum atomic E-state index is -1.47. The van der Waals surface area contributed by atoms with Crippen molar-refractivity contribution in [3.63, 3.8) is 0 Å². The van der Waals surface area contributed by atoms with E-state index in [9.17, 15) is 0 Å². The van der Waals surface area contributed by atoms with E-state index in [1.165, 1.54) is 30.4 Å². The van der Waals surface area contributed by atoms with Gasteiger partial charge >= 0.3 is 8.24 Å². The molecule has 0 aliphatic carbocycles. The van der Waals surface area contributed by atoms with E-state index < -0.39 is 8.24 Å². The first-order valence-corrected chi connectivity index (χ1v) is 12.3. The first kappa shape index (κ1) is 23.0.